The van der Waals surface area contributed by atoms with E-state index in [9.17, 15) is 4.79 Å². The van der Waals surface area contributed by atoms with Crippen LogP contribution in [0.3, 0.4) is 0 Å². The second-order valence-electron chi connectivity index (χ2n) is 8.66. The van der Waals surface area contributed by atoms with E-state index in [1.54, 1.807) is 18.2 Å². The molecule has 6 nitrogen and oxygen atoms in total. The summed E-state index contributed by atoms with van der Waals surface area (Å²) in [4.78, 5) is 12.0. The lowest BCUT2D eigenvalue weighted by atomic mass is 9.70. The van der Waals surface area contributed by atoms with Crippen molar-refractivity contribution in [2.75, 3.05) is 24.9 Å². The van der Waals surface area contributed by atoms with E-state index in [1.807, 2.05) is 0 Å². The lowest BCUT2D eigenvalue weighted by molar-refractivity contribution is -0.159. The number of nitrogens with two attached hydrogens (primary N) is 2. The fourth-order valence-electron chi connectivity index (χ4n) is 4.93. The normalized spacial score (nSPS) is 27.3. The monoisotopic (exact) mass is 404 g/mol. The quantitative estimate of drug-likeness (QED) is 0.286. The zero-order valence-corrected chi connectivity index (χ0v) is 17.6. The van der Waals surface area contributed by atoms with Gasteiger partial charge in [-0.05, 0) is 62.3 Å². The molecule has 0 saturated heterocycles. The van der Waals surface area contributed by atoms with Crippen molar-refractivity contribution in [2.45, 2.75) is 70.8 Å². The number of carbonyl (C=O) groups is 1. The summed E-state index contributed by atoms with van der Waals surface area (Å²) in [5, 5.41) is 0. The smallest absolute Gasteiger partial charge is 0.332 e. The molecule has 0 bridgehead atoms. The van der Waals surface area contributed by atoms with Gasteiger partial charge in [0.1, 0.15) is 18.5 Å². The van der Waals surface area contributed by atoms with Gasteiger partial charge in [0.25, 0.3) is 0 Å². The second kappa shape index (κ2) is 10.7. The van der Waals surface area contributed by atoms with Crippen LogP contribution in [0.1, 0.15) is 64.7 Å². The summed E-state index contributed by atoms with van der Waals surface area (Å²) in [6, 6.07) is 4.96. The Labute approximate surface area is 174 Å². The minimum Gasteiger partial charge on any atom is -0.467 e. The van der Waals surface area contributed by atoms with Crippen molar-refractivity contribution in [1.82, 2.24) is 0 Å². The van der Waals surface area contributed by atoms with Gasteiger partial charge in [0, 0.05) is 23.5 Å². The summed E-state index contributed by atoms with van der Waals surface area (Å²) in [7, 11) is 0. The molecule has 162 valence electrons. The predicted octanol–water partition coefficient (Wildman–Crippen LogP) is 4.52. The number of rotatable bonds is 8. The molecule has 1 aromatic rings. The van der Waals surface area contributed by atoms with Crippen molar-refractivity contribution in [1.29, 1.82) is 0 Å². The van der Waals surface area contributed by atoms with Crippen molar-refractivity contribution in [3.05, 3.63) is 18.2 Å². The van der Waals surface area contributed by atoms with E-state index in [0.29, 0.717) is 17.1 Å². The molecule has 0 aromatic heterocycles. The van der Waals surface area contributed by atoms with Crippen molar-refractivity contribution in [3.8, 4) is 5.75 Å². The second-order valence-corrected chi connectivity index (χ2v) is 8.66. The van der Waals surface area contributed by atoms with E-state index < -0.39 is 0 Å². The molecule has 0 spiro atoms. The fraction of sp³-hybridized carbons (Fsp3) is 0.696. The van der Waals surface area contributed by atoms with Crippen LogP contribution in [0, 0.1) is 17.8 Å². The number of ether oxygens (including phenoxy) is 3. The van der Waals surface area contributed by atoms with Gasteiger partial charge in [-0.3, -0.25) is 0 Å². The molecular weight excluding hydrogens is 368 g/mol. The molecule has 2 aliphatic rings. The highest BCUT2D eigenvalue weighted by atomic mass is 16.7. The Hall–Kier alpha value is -1.95. The molecule has 0 radical (unpaired) electrons. The van der Waals surface area contributed by atoms with Gasteiger partial charge in [0.15, 0.2) is 6.79 Å². The molecule has 6 heteroatoms. The number of benzene rings is 1. The van der Waals surface area contributed by atoms with E-state index in [0.717, 1.165) is 30.6 Å². The Balaban J connectivity index is 1.29. The van der Waals surface area contributed by atoms with Crippen LogP contribution in [-0.4, -0.2) is 25.5 Å². The molecule has 1 aromatic carbocycles. The third-order valence-electron chi connectivity index (χ3n) is 6.63. The molecule has 0 heterocycles. The van der Waals surface area contributed by atoms with Gasteiger partial charge in [-0.2, -0.15) is 0 Å². The SMILES string of the molecule is CCC1CCC(C2CCC(OC(=O)COCOc3cc(N)cc(N)c3)CC2)CC1. The molecule has 2 fully saturated rings. The molecule has 29 heavy (non-hydrogen) atoms. The topological polar surface area (TPSA) is 96.8 Å². The van der Waals surface area contributed by atoms with Gasteiger partial charge < -0.3 is 25.7 Å². The van der Waals surface area contributed by atoms with E-state index in [2.05, 4.69) is 6.92 Å². The van der Waals surface area contributed by atoms with Crippen LogP contribution in [0.25, 0.3) is 0 Å². The predicted molar refractivity (Wildman–Crippen MR) is 114 cm³/mol. The fourth-order valence-corrected chi connectivity index (χ4v) is 4.93. The zero-order valence-electron chi connectivity index (χ0n) is 17.6. The van der Waals surface area contributed by atoms with Crippen molar-refractivity contribution in [3.63, 3.8) is 0 Å². The minimum absolute atomic E-state index is 0.0315. The van der Waals surface area contributed by atoms with Crippen LogP contribution in [0.5, 0.6) is 5.75 Å². The van der Waals surface area contributed by atoms with Gasteiger partial charge in [0.05, 0.1) is 0 Å². The maximum atomic E-state index is 12.0. The molecule has 0 aliphatic heterocycles. The lowest BCUT2D eigenvalue weighted by Crippen LogP contribution is -2.30. The number of hydrogen-bond donors (Lipinski definition) is 2. The van der Waals surface area contributed by atoms with Gasteiger partial charge in [-0.25, -0.2) is 4.79 Å². The van der Waals surface area contributed by atoms with E-state index in [4.69, 9.17) is 25.7 Å². The van der Waals surface area contributed by atoms with Gasteiger partial charge in [-0.1, -0.05) is 26.2 Å². The Morgan fingerprint density at radius 3 is 2.10 bits per heavy atom. The molecule has 0 atom stereocenters. The first kappa shape index (κ1) is 21.8. The molecule has 0 unspecified atom stereocenters. The number of hydrogen-bond acceptors (Lipinski definition) is 6. The maximum Gasteiger partial charge on any atom is 0.332 e. The average molecular weight is 405 g/mol. The van der Waals surface area contributed by atoms with Gasteiger partial charge >= 0.3 is 5.97 Å². The number of esters is 1. The number of anilines is 2. The Kier molecular flexibility index (Phi) is 8.04. The number of carbonyl (C=O) groups excluding carboxylic acids is 1. The molecule has 2 aliphatic carbocycles. The first-order valence-electron chi connectivity index (χ1n) is 11.1. The van der Waals surface area contributed by atoms with Crippen molar-refractivity contribution < 1.29 is 19.0 Å². The van der Waals surface area contributed by atoms with E-state index in [-0.39, 0.29) is 25.5 Å². The van der Waals surface area contributed by atoms with Crippen molar-refractivity contribution in [2.24, 2.45) is 17.8 Å². The Bertz CT molecular complexity index is 630. The summed E-state index contributed by atoms with van der Waals surface area (Å²) in [5.74, 6) is 2.84. The minimum atomic E-state index is -0.326. The molecule has 4 N–H and O–H groups in total. The Morgan fingerprint density at radius 1 is 0.931 bits per heavy atom. The largest absolute Gasteiger partial charge is 0.467 e. The first-order valence-corrected chi connectivity index (χ1v) is 11.1. The van der Waals surface area contributed by atoms with Gasteiger partial charge in [0.2, 0.25) is 0 Å². The van der Waals surface area contributed by atoms with Crippen LogP contribution < -0.4 is 16.2 Å². The third kappa shape index (κ3) is 6.81. The van der Waals surface area contributed by atoms with Crippen LogP contribution in [-0.2, 0) is 14.3 Å². The van der Waals surface area contributed by atoms with Crippen LogP contribution in [0.15, 0.2) is 18.2 Å². The van der Waals surface area contributed by atoms with Crippen LogP contribution >= 0.6 is 0 Å². The molecule has 3 rings (SSSR count). The number of nitrogen functional groups attached to an aromatic ring is 2. The Morgan fingerprint density at radius 2 is 1.52 bits per heavy atom. The highest BCUT2D eigenvalue weighted by molar-refractivity contribution is 5.70. The first-order chi connectivity index (χ1) is 14.0. The van der Waals surface area contributed by atoms with Crippen LogP contribution in [0.2, 0.25) is 0 Å². The van der Waals surface area contributed by atoms with Gasteiger partial charge in [-0.15, -0.1) is 0 Å². The summed E-state index contributed by atoms with van der Waals surface area (Å²) < 4.78 is 16.3. The highest BCUT2D eigenvalue weighted by Gasteiger charge is 2.31. The van der Waals surface area contributed by atoms with E-state index >= 15 is 0 Å². The summed E-state index contributed by atoms with van der Waals surface area (Å²) in [6.07, 6.45) is 11.3. The third-order valence-corrected chi connectivity index (χ3v) is 6.63. The standard InChI is InChI=1S/C23H36N2O4/c1-2-16-3-5-17(6-4-16)18-7-9-21(10-8-18)29-23(26)14-27-15-28-22-12-19(24)11-20(25)13-22/h11-13,16-18,21H,2-10,14-15,24-25H2,1H3. The van der Waals surface area contributed by atoms with Crippen molar-refractivity contribution >= 4 is 17.3 Å². The lowest BCUT2D eigenvalue weighted by Gasteiger charge is -2.37. The average Bonchev–Trinajstić information content (AvgIpc) is 2.71. The maximum absolute atomic E-state index is 12.0. The summed E-state index contributed by atoms with van der Waals surface area (Å²) in [5.41, 5.74) is 12.5. The van der Waals surface area contributed by atoms with E-state index in [1.165, 1.54) is 44.9 Å². The molecule has 2 saturated carbocycles. The zero-order chi connectivity index (χ0) is 20.6. The molecule has 0 amide bonds. The summed E-state index contributed by atoms with van der Waals surface area (Å²) in [6.45, 7) is 2.15. The molecular formula is C23H36N2O4. The summed E-state index contributed by atoms with van der Waals surface area (Å²) >= 11 is 0. The highest BCUT2D eigenvalue weighted by Crippen LogP contribution is 2.41. The van der Waals surface area contributed by atoms with Crippen LogP contribution in [0.4, 0.5) is 11.4 Å².